The van der Waals surface area contributed by atoms with Crippen molar-refractivity contribution in [2.75, 3.05) is 11.9 Å². The van der Waals surface area contributed by atoms with Crippen LogP contribution in [-0.2, 0) is 17.8 Å². The lowest BCUT2D eigenvalue weighted by Crippen LogP contribution is -2.16. The van der Waals surface area contributed by atoms with Crippen LogP contribution in [0.5, 0.6) is 0 Å². The highest BCUT2D eigenvalue weighted by molar-refractivity contribution is 7.18. The lowest BCUT2D eigenvalue weighted by Gasteiger charge is -2.11. The van der Waals surface area contributed by atoms with Gasteiger partial charge < -0.3 is 10.6 Å². The smallest absolute Gasteiger partial charge is 0.224 e. The molecule has 5 heteroatoms. The first-order valence-electron chi connectivity index (χ1n) is 8.69. The second kappa shape index (κ2) is 8.74. The number of anilines is 1. The van der Waals surface area contributed by atoms with E-state index >= 15 is 0 Å². The van der Waals surface area contributed by atoms with E-state index in [2.05, 4.69) is 28.6 Å². The van der Waals surface area contributed by atoms with E-state index in [1.165, 1.54) is 4.70 Å². The summed E-state index contributed by atoms with van der Waals surface area (Å²) in [6, 6.07) is 16.1. The van der Waals surface area contributed by atoms with Crippen molar-refractivity contribution in [3.8, 4) is 0 Å². The van der Waals surface area contributed by atoms with Gasteiger partial charge in [-0.05, 0) is 43.1 Å². The molecule has 2 aromatic carbocycles. The van der Waals surface area contributed by atoms with Crippen LogP contribution in [0.25, 0.3) is 10.2 Å². The van der Waals surface area contributed by atoms with Crippen molar-refractivity contribution in [3.63, 3.8) is 0 Å². The Labute approximate surface area is 152 Å². The first kappa shape index (κ1) is 17.6. The van der Waals surface area contributed by atoms with E-state index in [1.54, 1.807) is 11.3 Å². The number of nitrogens with one attached hydrogen (secondary N) is 2. The number of fused-ring (bicyclic) bond motifs is 1. The molecule has 0 aliphatic carbocycles. The normalized spacial score (nSPS) is 10.9. The molecule has 4 nitrogen and oxygen atoms in total. The van der Waals surface area contributed by atoms with Crippen molar-refractivity contribution in [1.82, 2.24) is 10.3 Å². The number of carbonyl (C=O) groups excluding carboxylic acids is 1. The van der Waals surface area contributed by atoms with Crippen molar-refractivity contribution in [1.29, 1.82) is 0 Å². The number of amides is 1. The quantitative estimate of drug-likeness (QED) is 0.632. The Kier molecular flexibility index (Phi) is 6.14. The molecule has 0 spiro atoms. The van der Waals surface area contributed by atoms with Gasteiger partial charge in [0, 0.05) is 18.7 Å². The first-order valence-corrected chi connectivity index (χ1v) is 9.51. The topological polar surface area (TPSA) is 54.0 Å². The van der Waals surface area contributed by atoms with Crippen molar-refractivity contribution in [3.05, 3.63) is 59.1 Å². The largest absolute Gasteiger partial charge is 0.326 e. The third-order valence-corrected chi connectivity index (χ3v) is 5.09. The summed E-state index contributed by atoms with van der Waals surface area (Å²) in [4.78, 5) is 16.9. The molecule has 3 rings (SSSR count). The summed E-state index contributed by atoms with van der Waals surface area (Å²) in [5.41, 5.74) is 3.06. The summed E-state index contributed by atoms with van der Waals surface area (Å²) < 4.78 is 1.21. The third kappa shape index (κ3) is 4.87. The molecular formula is C20H23N3OS. The van der Waals surface area contributed by atoms with Crippen LogP contribution in [-0.4, -0.2) is 17.4 Å². The van der Waals surface area contributed by atoms with Gasteiger partial charge in [0.2, 0.25) is 5.91 Å². The molecule has 0 aliphatic heterocycles. The Morgan fingerprint density at radius 3 is 2.76 bits per heavy atom. The van der Waals surface area contributed by atoms with E-state index in [9.17, 15) is 4.79 Å². The van der Waals surface area contributed by atoms with Gasteiger partial charge in [-0.25, -0.2) is 4.98 Å². The number of hydrogen-bond donors (Lipinski definition) is 2. The van der Waals surface area contributed by atoms with Crippen molar-refractivity contribution < 1.29 is 4.79 Å². The van der Waals surface area contributed by atoms with Gasteiger partial charge in [0.25, 0.3) is 0 Å². The molecule has 2 N–H and O–H groups in total. The number of nitrogens with zero attached hydrogens (tertiary/aromatic N) is 1. The first-order chi connectivity index (χ1) is 12.3. The fourth-order valence-electron chi connectivity index (χ4n) is 2.70. The molecule has 0 atom stereocenters. The van der Waals surface area contributed by atoms with Gasteiger partial charge in [0.1, 0.15) is 0 Å². The van der Waals surface area contributed by atoms with Crippen molar-refractivity contribution >= 4 is 33.1 Å². The summed E-state index contributed by atoms with van der Waals surface area (Å²) in [5.74, 6) is 0.0602. The van der Waals surface area contributed by atoms with Crippen LogP contribution in [0.1, 0.15) is 30.3 Å². The van der Waals surface area contributed by atoms with Gasteiger partial charge >= 0.3 is 0 Å². The van der Waals surface area contributed by atoms with Crippen LogP contribution in [0.15, 0.2) is 48.5 Å². The fourth-order valence-corrected chi connectivity index (χ4v) is 3.70. The van der Waals surface area contributed by atoms with E-state index in [0.29, 0.717) is 6.42 Å². The number of thiazole rings is 1. The Morgan fingerprint density at radius 2 is 1.92 bits per heavy atom. The minimum atomic E-state index is 0.0602. The maximum absolute atomic E-state index is 12.3. The zero-order valence-corrected chi connectivity index (χ0v) is 15.2. The second-order valence-electron chi connectivity index (χ2n) is 5.91. The molecule has 0 unspecified atom stereocenters. The Balaban J connectivity index is 1.51. The maximum Gasteiger partial charge on any atom is 0.224 e. The highest BCUT2D eigenvalue weighted by Gasteiger charge is 2.08. The van der Waals surface area contributed by atoms with Crippen molar-refractivity contribution in [2.24, 2.45) is 0 Å². The van der Waals surface area contributed by atoms with Crippen LogP contribution in [0.3, 0.4) is 0 Å². The zero-order valence-electron chi connectivity index (χ0n) is 14.4. The molecule has 0 saturated heterocycles. The number of aromatic nitrogens is 1. The van der Waals surface area contributed by atoms with Crippen LogP contribution >= 0.6 is 11.3 Å². The molecule has 0 bridgehead atoms. The molecule has 0 aliphatic rings. The molecular weight excluding hydrogens is 330 g/mol. The summed E-state index contributed by atoms with van der Waals surface area (Å²) >= 11 is 1.71. The Bertz CT molecular complexity index is 811. The monoisotopic (exact) mass is 353 g/mol. The second-order valence-corrected chi connectivity index (χ2v) is 7.03. The molecule has 3 aromatic rings. The predicted molar refractivity (Wildman–Crippen MR) is 105 cm³/mol. The van der Waals surface area contributed by atoms with Gasteiger partial charge in [-0.15, -0.1) is 11.3 Å². The molecule has 130 valence electrons. The number of aryl methyl sites for hydroxylation is 1. The average molecular weight is 353 g/mol. The predicted octanol–water partition coefficient (Wildman–Crippen LogP) is 4.37. The molecule has 0 fully saturated rings. The summed E-state index contributed by atoms with van der Waals surface area (Å²) in [5, 5.41) is 7.43. The third-order valence-electron chi connectivity index (χ3n) is 3.99. The molecule has 25 heavy (non-hydrogen) atoms. The number of benzene rings is 2. The number of carbonyl (C=O) groups is 1. The zero-order chi connectivity index (χ0) is 17.5. The van der Waals surface area contributed by atoms with E-state index in [0.717, 1.165) is 47.7 Å². The summed E-state index contributed by atoms with van der Waals surface area (Å²) in [6.45, 7) is 3.74. The van der Waals surface area contributed by atoms with Gasteiger partial charge in [0.05, 0.1) is 15.2 Å². The van der Waals surface area contributed by atoms with E-state index in [1.807, 2.05) is 42.5 Å². The van der Waals surface area contributed by atoms with Crippen LogP contribution < -0.4 is 10.6 Å². The van der Waals surface area contributed by atoms with Gasteiger partial charge in [-0.2, -0.15) is 0 Å². The standard InChI is InChI=1S/C20H23N3OS/c1-2-21-14-15-8-3-4-9-16(15)22-19(24)12-7-13-20-23-17-10-5-6-11-18(17)25-20/h3-6,8-11,21H,2,7,12-14H2,1H3,(H,22,24). The molecule has 1 amide bonds. The molecule has 0 saturated carbocycles. The highest BCUT2D eigenvalue weighted by atomic mass is 32.1. The van der Waals surface area contributed by atoms with E-state index in [-0.39, 0.29) is 5.91 Å². The lowest BCUT2D eigenvalue weighted by atomic mass is 10.1. The number of hydrogen-bond acceptors (Lipinski definition) is 4. The fraction of sp³-hybridized carbons (Fsp3) is 0.300. The average Bonchev–Trinajstić information content (AvgIpc) is 3.03. The van der Waals surface area contributed by atoms with Crippen LogP contribution in [0.4, 0.5) is 5.69 Å². The van der Waals surface area contributed by atoms with Gasteiger partial charge in [-0.3, -0.25) is 4.79 Å². The van der Waals surface area contributed by atoms with Crippen molar-refractivity contribution in [2.45, 2.75) is 32.7 Å². The summed E-state index contributed by atoms with van der Waals surface area (Å²) in [6.07, 6.45) is 2.15. The summed E-state index contributed by atoms with van der Waals surface area (Å²) in [7, 11) is 0. The number of rotatable bonds is 8. The van der Waals surface area contributed by atoms with E-state index in [4.69, 9.17) is 0 Å². The van der Waals surface area contributed by atoms with E-state index < -0.39 is 0 Å². The highest BCUT2D eigenvalue weighted by Crippen LogP contribution is 2.23. The van der Waals surface area contributed by atoms with Gasteiger partial charge in [-0.1, -0.05) is 37.3 Å². The number of para-hydroxylation sites is 2. The van der Waals surface area contributed by atoms with Gasteiger partial charge in [0.15, 0.2) is 0 Å². The lowest BCUT2D eigenvalue weighted by molar-refractivity contribution is -0.116. The maximum atomic E-state index is 12.3. The molecule has 1 aromatic heterocycles. The Morgan fingerprint density at radius 1 is 1.12 bits per heavy atom. The van der Waals surface area contributed by atoms with Crippen LogP contribution in [0.2, 0.25) is 0 Å². The minimum Gasteiger partial charge on any atom is -0.326 e. The SMILES string of the molecule is CCNCc1ccccc1NC(=O)CCCc1nc2ccccc2s1. The molecule has 0 radical (unpaired) electrons. The Hall–Kier alpha value is -2.24. The minimum absolute atomic E-state index is 0.0602. The molecule has 1 heterocycles. The van der Waals surface area contributed by atoms with Crippen LogP contribution in [0, 0.1) is 0 Å².